The van der Waals surface area contributed by atoms with Gasteiger partial charge < -0.3 is 14.0 Å². The molecule has 7 nitrogen and oxygen atoms in total. The zero-order chi connectivity index (χ0) is 25.9. The molecule has 2 heterocycles. The van der Waals surface area contributed by atoms with E-state index in [0.717, 1.165) is 28.4 Å². The van der Waals surface area contributed by atoms with E-state index in [4.69, 9.17) is 9.47 Å². The number of hydrogen-bond acceptors (Lipinski definition) is 6. The van der Waals surface area contributed by atoms with E-state index in [1.165, 1.54) is 0 Å². The molecule has 186 valence electrons. The van der Waals surface area contributed by atoms with Crippen molar-refractivity contribution in [1.29, 1.82) is 0 Å². The highest BCUT2D eigenvalue weighted by atomic mass is 32.2. The van der Waals surface area contributed by atoms with Crippen molar-refractivity contribution >= 4 is 39.9 Å². The van der Waals surface area contributed by atoms with Crippen molar-refractivity contribution < 1.29 is 19.1 Å². The van der Waals surface area contributed by atoms with Gasteiger partial charge in [0.1, 0.15) is 19.0 Å². The van der Waals surface area contributed by atoms with Gasteiger partial charge in [0, 0.05) is 23.6 Å². The van der Waals surface area contributed by atoms with Crippen LogP contribution in [0.2, 0.25) is 0 Å². The van der Waals surface area contributed by atoms with Crippen LogP contribution in [0.3, 0.4) is 0 Å². The molecule has 0 radical (unpaired) electrons. The molecule has 8 heteroatoms. The predicted octanol–water partition coefficient (Wildman–Crippen LogP) is 5.30. The molecule has 0 bridgehead atoms. The second-order valence-corrected chi connectivity index (χ2v) is 9.55. The summed E-state index contributed by atoms with van der Waals surface area (Å²) in [7, 11) is 1.92. The van der Waals surface area contributed by atoms with E-state index in [1.54, 1.807) is 24.3 Å². The molecule has 1 aromatic heterocycles. The van der Waals surface area contributed by atoms with Crippen molar-refractivity contribution in [3.05, 3.63) is 99.1 Å². The summed E-state index contributed by atoms with van der Waals surface area (Å²) < 4.78 is 14.0. The topological polar surface area (TPSA) is 86.6 Å². The number of nitrogens with one attached hydrogen (secondary N) is 1. The van der Waals surface area contributed by atoms with Crippen molar-refractivity contribution in [3.63, 3.8) is 0 Å². The summed E-state index contributed by atoms with van der Waals surface area (Å²) in [6.45, 7) is 2.31. The van der Waals surface area contributed by atoms with Crippen LogP contribution in [0.25, 0.3) is 28.2 Å². The van der Waals surface area contributed by atoms with Crippen molar-refractivity contribution in [2.75, 3.05) is 13.2 Å². The molecule has 5 rings (SSSR count). The van der Waals surface area contributed by atoms with E-state index >= 15 is 0 Å². The largest absolute Gasteiger partial charge is 0.489 e. The minimum atomic E-state index is -0.427. The normalized spacial score (nSPS) is 14.3. The maximum atomic E-state index is 13.5. The number of thioether (sulfide) groups is 1. The summed E-state index contributed by atoms with van der Waals surface area (Å²) in [6, 6.07) is 22.6. The Hall–Kier alpha value is -4.30. The van der Waals surface area contributed by atoms with E-state index in [0.29, 0.717) is 27.3 Å². The van der Waals surface area contributed by atoms with Gasteiger partial charge in [-0.1, -0.05) is 60.2 Å². The van der Waals surface area contributed by atoms with Gasteiger partial charge in [0.05, 0.1) is 16.1 Å². The van der Waals surface area contributed by atoms with Gasteiger partial charge in [-0.15, -0.1) is 0 Å². The lowest BCUT2D eigenvalue weighted by molar-refractivity contribution is -0.115. The molecule has 3 aromatic carbocycles. The Morgan fingerprint density at radius 1 is 0.892 bits per heavy atom. The Morgan fingerprint density at radius 3 is 2.35 bits per heavy atom. The third kappa shape index (κ3) is 5.01. The Bertz CT molecular complexity index is 1610. The van der Waals surface area contributed by atoms with Gasteiger partial charge in [-0.2, -0.15) is 0 Å². The van der Waals surface area contributed by atoms with Gasteiger partial charge in [0.25, 0.3) is 11.1 Å². The molecule has 0 atom stereocenters. The third-order valence-corrected chi connectivity index (χ3v) is 6.84. The average molecular weight is 513 g/mol. The second kappa shape index (κ2) is 10.4. The van der Waals surface area contributed by atoms with Crippen LogP contribution in [0.15, 0.2) is 82.5 Å². The SMILES string of the molecule is Cc1ccc(-c2c(OCCOc3ccccc3C=C3SC(=O)NC3=O)c(=O)c3ccccc3n2C)cc1. The van der Waals surface area contributed by atoms with E-state index in [2.05, 4.69) is 5.32 Å². The van der Waals surface area contributed by atoms with Crippen LogP contribution in [-0.2, 0) is 11.8 Å². The molecule has 4 aromatic rings. The van der Waals surface area contributed by atoms with Gasteiger partial charge in [-0.3, -0.25) is 19.7 Å². The smallest absolute Gasteiger partial charge is 0.290 e. The van der Waals surface area contributed by atoms with Crippen molar-refractivity contribution in [1.82, 2.24) is 9.88 Å². The molecule has 1 aliphatic rings. The highest BCUT2D eigenvalue weighted by molar-refractivity contribution is 8.18. The highest BCUT2D eigenvalue weighted by Crippen LogP contribution is 2.31. The maximum Gasteiger partial charge on any atom is 0.290 e. The predicted molar refractivity (Wildman–Crippen MR) is 146 cm³/mol. The van der Waals surface area contributed by atoms with Crippen LogP contribution in [0.5, 0.6) is 11.5 Å². The molecule has 0 unspecified atom stereocenters. The quantitative estimate of drug-likeness (QED) is 0.267. The fraction of sp³-hybridized carbons (Fsp3) is 0.138. The molecule has 1 saturated heterocycles. The van der Waals surface area contributed by atoms with Crippen LogP contribution in [0.1, 0.15) is 11.1 Å². The summed E-state index contributed by atoms with van der Waals surface area (Å²) in [6.07, 6.45) is 1.62. The lowest BCUT2D eigenvalue weighted by Crippen LogP contribution is -2.18. The summed E-state index contributed by atoms with van der Waals surface area (Å²) >= 11 is 0.851. The van der Waals surface area contributed by atoms with Gasteiger partial charge in [-0.05, 0) is 43.0 Å². The zero-order valence-electron chi connectivity index (χ0n) is 20.3. The van der Waals surface area contributed by atoms with Crippen LogP contribution >= 0.6 is 11.8 Å². The van der Waals surface area contributed by atoms with Crippen molar-refractivity contribution in [2.45, 2.75) is 6.92 Å². The molecular weight excluding hydrogens is 488 g/mol. The second-order valence-electron chi connectivity index (χ2n) is 8.54. The van der Waals surface area contributed by atoms with Crippen LogP contribution < -0.4 is 20.2 Å². The fourth-order valence-electron chi connectivity index (χ4n) is 4.22. The molecule has 0 saturated carbocycles. The van der Waals surface area contributed by atoms with E-state index < -0.39 is 11.1 Å². The molecule has 37 heavy (non-hydrogen) atoms. The summed E-state index contributed by atoms with van der Waals surface area (Å²) in [5.41, 5.74) is 4.01. The number of pyridine rings is 1. The lowest BCUT2D eigenvalue weighted by atomic mass is 10.1. The van der Waals surface area contributed by atoms with Crippen molar-refractivity contribution in [3.8, 4) is 22.8 Å². The average Bonchev–Trinajstić information content (AvgIpc) is 3.22. The number of fused-ring (bicyclic) bond motifs is 1. The first-order valence-corrected chi connectivity index (χ1v) is 12.5. The van der Waals surface area contributed by atoms with Gasteiger partial charge in [-0.25, -0.2) is 0 Å². The van der Waals surface area contributed by atoms with Gasteiger partial charge in [0.15, 0.2) is 5.75 Å². The fourth-order valence-corrected chi connectivity index (χ4v) is 4.89. The molecule has 1 fully saturated rings. The van der Waals surface area contributed by atoms with Crippen LogP contribution in [0.4, 0.5) is 4.79 Å². The van der Waals surface area contributed by atoms with Crippen molar-refractivity contribution in [2.24, 2.45) is 7.05 Å². The number of carbonyl (C=O) groups excluding carboxylic acids is 2. The minimum absolute atomic E-state index is 0.130. The number of carbonyl (C=O) groups is 2. The number of aromatic nitrogens is 1. The highest BCUT2D eigenvalue weighted by Gasteiger charge is 2.25. The Balaban J connectivity index is 1.40. The number of nitrogens with zero attached hydrogens (tertiary/aromatic N) is 1. The molecule has 2 amide bonds. The summed E-state index contributed by atoms with van der Waals surface area (Å²) in [5, 5.41) is 2.43. The van der Waals surface area contributed by atoms with Crippen LogP contribution in [0, 0.1) is 6.92 Å². The van der Waals surface area contributed by atoms with Gasteiger partial charge >= 0.3 is 0 Å². The maximum absolute atomic E-state index is 13.5. The molecule has 1 aliphatic heterocycles. The van der Waals surface area contributed by atoms with Gasteiger partial charge in [0.2, 0.25) is 5.43 Å². The number of benzene rings is 3. The first kappa shape index (κ1) is 24.4. The number of para-hydroxylation sites is 2. The Labute approximate surface area is 217 Å². The third-order valence-electron chi connectivity index (χ3n) is 6.03. The monoisotopic (exact) mass is 512 g/mol. The molecule has 1 N–H and O–H groups in total. The number of rotatable bonds is 7. The summed E-state index contributed by atoms with van der Waals surface area (Å²) in [5.74, 6) is 0.377. The molecule has 0 spiro atoms. The standard InChI is InChI=1S/C29H24N2O5S/c1-18-11-13-19(14-12-18)25-27(26(32)21-8-4-5-9-22(21)31(25)2)36-16-15-35-23-10-6-3-7-20(23)17-24-28(33)30-29(34)37-24/h3-14,17H,15-16H2,1-2H3,(H,30,33,34). The van der Waals surface area contributed by atoms with E-state index in [1.807, 2.05) is 73.1 Å². The molecule has 0 aliphatic carbocycles. The number of hydrogen-bond donors (Lipinski definition) is 1. The van der Waals surface area contributed by atoms with Crippen LogP contribution in [-0.4, -0.2) is 28.9 Å². The number of amides is 2. The summed E-state index contributed by atoms with van der Waals surface area (Å²) in [4.78, 5) is 37.2. The first-order chi connectivity index (χ1) is 17.9. The first-order valence-electron chi connectivity index (χ1n) is 11.7. The lowest BCUT2D eigenvalue weighted by Gasteiger charge is -2.18. The molecular formula is C29H24N2O5S. The Kier molecular flexibility index (Phi) is 6.83. The minimum Gasteiger partial charge on any atom is -0.489 e. The number of ether oxygens (including phenoxy) is 2. The number of aryl methyl sites for hydroxylation is 2. The van der Waals surface area contributed by atoms with E-state index in [9.17, 15) is 14.4 Å². The number of imide groups is 1. The van der Waals surface area contributed by atoms with E-state index in [-0.39, 0.29) is 24.4 Å². The Morgan fingerprint density at radius 2 is 1.59 bits per heavy atom. The zero-order valence-corrected chi connectivity index (χ0v) is 21.1.